The van der Waals surface area contributed by atoms with E-state index >= 15 is 0 Å². The zero-order valence-electron chi connectivity index (χ0n) is 13.4. The van der Waals surface area contributed by atoms with Gasteiger partial charge in [-0.2, -0.15) is 5.10 Å². The quantitative estimate of drug-likeness (QED) is 0.942. The van der Waals surface area contributed by atoms with Crippen LogP contribution >= 0.6 is 0 Å². The molecular formula is C17H21FN4O. The van der Waals surface area contributed by atoms with Crippen molar-refractivity contribution in [1.82, 2.24) is 14.7 Å². The minimum Gasteiger partial charge on any atom is -0.324 e. The van der Waals surface area contributed by atoms with E-state index < -0.39 is 0 Å². The number of nitrogens with one attached hydrogen (secondary N) is 1. The summed E-state index contributed by atoms with van der Waals surface area (Å²) in [7, 11) is 1.80. The maximum atomic E-state index is 13.6. The van der Waals surface area contributed by atoms with Gasteiger partial charge in [0.1, 0.15) is 5.82 Å². The number of urea groups is 1. The van der Waals surface area contributed by atoms with Crippen LogP contribution in [0, 0.1) is 11.7 Å². The lowest BCUT2D eigenvalue weighted by atomic mass is 10.1. The molecule has 1 aliphatic rings. The Morgan fingerprint density at radius 1 is 1.48 bits per heavy atom. The number of aryl methyl sites for hydroxylation is 1. The lowest BCUT2D eigenvalue weighted by Gasteiger charge is -2.18. The molecule has 1 aromatic heterocycles. The number of hydrogen-bond acceptors (Lipinski definition) is 2. The fraction of sp³-hybridized carbons (Fsp3) is 0.412. The predicted octanol–water partition coefficient (Wildman–Crippen LogP) is 3.49. The molecule has 3 rings (SSSR count). The number of halogens is 1. The third-order valence-corrected chi connectivity index (χ3v) is 4.39. The number of benzene rings is 1. The third kappa shape index (κ3) is 3.36. The highest BCUT2D eigenvalue weighted by molar-refractivity contribution is 5.94. The third-order valence-electron chi connectivity index (χ3n) is 4.39. The fourth-order valence-corrected chi connectivity index (χ4v) is 2.97. The Labute approximate surface area is 135 Å². The molecule has 2 heterocycles. The van der Waals surface area contributed by atoms with Gasteiger partial charge in [-0.15, -0.1) is 0 Å². The maximum absolute atomic E-state index is 13.6. The summed E-state index contributed by atoms with van der Waals surface area (Å²) in [5.74, 6) is 0.237. The topological polar surface area (TPSA) is 50.2 Å². The first kappa shape index (κ1) is 15.5. The summed E-state index contributed by atoms with van der Waals surface area (Å²) in [6, 6.07) is 4.25. The average Bonchev–Trinajstić information content (AvgIpc) is 3.17. The van der Waals surface area contributed by atoms with E-state index in [1.54, 1.807) is 30.2 Å². The Hall–Kier alpha value is -2.37. The molecule has 122 valence electrons. The number of hydrogen-bond donors (Lipinski definition) is 1. The molecule has 2 aromatic rings. The van der Waals surface area contributed by atoms with Crippen LogP contribution in [0.5, 0.6) is 0 Å². The van der Waals surface area contributed by atoms with Crippen LogP contribution in [-0.2, 0) is 7.05 Å². The van der Waals surface area contributed by atoms with E-state index in [0.29, 0.717) is 17.2 Å². The maximum Gasteiger partial charge on any atom is 0.321 e. The van der Waals surface area contributed by atoms with Gasteiger partial charge in [0.2, 0.25) is 0 Å². The molecule has 0 saturated carbocycles. The molecule has 0 spiro atoms. The van der Waals surface area contributed by atoms with E-state index in [4.69, 9.17) is 0 Å². The van der Waals surface area contributed by atoms with Gasteiger partial charge in [0, 0.05) is 37.5 Å². The molecule has 1 fully saturated rings. The molecule has 1 saturated heterocycles. The van der Waals surface area contributed by atoms with Crippen molar-refractivity contribution in [2.24, 2.45) is 13.0 Å². The second-order valence-corrected chi connectivity index (χ2v) is 6.03. The summed E-state index contributed by atoms with van der Waals surface area (Å²) < 4.78 is 15.3. The zero-order chi connectivity index (χ0) is 16.4. The number of anilines is 1. The SMILES string of the molecule is CCC1CCN(C(=O)Nc2ccc(F)cc2-c2cnn(C)c2)C1. The van der Waals surface area contributed by atoms with Crippen LogP contribution in [0.4, 0.5) is 14.9 Å². The monoisotopic (exact) mass is 316 g/mol. The lowest BCUT2D eigenvalue weighted by Crippen LogP contribution is -2.33. The van der Waals surface area contributed by atoms with Gasteiger partial charge in [-0.05, 0) is 30.5 Å². The van der Waals surface area contributed by atoms with Gasteiger partial charge < -0.3 is 10.2 Å². The van der Waals surface area contributed by atoms with Gasteiger partial charge in [0.05, 0.1) is 11.9 Å². The van der Waals surface area contributed by atoms with Crippen molar-refractivity contribution in [3.8, 4) is 11.1 Å². The number of nitrogens with zero attached hydrogens (tertiary/aromatic N) is 3. The highest BCUT2D eigenvalue weighted by Crippen LogP contribution is 2.29. The smallest absolute Gasteiger partial charge is 0.321 e. The fourth-order valence-electron chi connectivity index (χ4n) is 2.97. The zero-order valence-corrected chi connectivity index (χ0v) is 13.4. The van der Waals surface area contributed by atoms with Crippen molar-refractivity contribution >= 4 is 11.7 Å². The van der Waals surface area contributed by atoms with Gasteiger partial charge in [-0.1, -0.05) is 13.3 Å². The van der Waals surface area contributed by atoms with Gasteiger partial charge in [0.25, 0.3) is 0 Å². The van der Waals surface area contributed by atoms with Crippen LogP contribution in [-0.4, -0.2) is 33.8 Å². The summed E-state index contributed by atoms with van der Waals surface area (Å²) in [4.78, 5) is 14.3. The summed E-state index contributed by atoms with van der Waals surface area (Å²) in [6.45, 7) is 3.70. The largest absolute Gasteiger partial charge is 0.324 e. The van der Waals surface area contributed by atoms with E-state index in [9.17, 15) is 9.18 Å². The van der Waals surface area contributed by atoms with Crippen LogP contribution in [0.1, 0.15) is 19.8 Å². The van der Waals surface area contributed by atoms with E-state index in [-0.39, 0.29) is 11.8 Å². The molecule has 0 radical (unpaired) electrons. The van der Waals surface area contributed by atoms with E-state index in [1.807, 2.05) is 4.90 Å². The number of amides is 2. The van der Waals surface area contributed by atoms with E-state index in [2.05, 4.69) is 17.3 Å². The number of likely N-dealkylation sites (tertiary alicyclic amines) is 1. The van der Waals surface area contributed by atoms with Gasteiger partial charge in [-0.3, -0.25) is 4.68 Å². The Balaban J connectivity index is 1.81. The number of rotatable bonds is 3. The van der Waals surface area contributed by atoms with Crippen molar-refractivity contribution in [2.45, 2.75) is 19.8 Å². The molecule has 5 nitrogen and oxygen atoms in total. The summed E-state index contributed by atoms with van der Waals surface area (Å²) in [5, 5.41) is 7.03. The molecule has 2 amide bonds. The molecule has 23 heavy (non-hydrogen) atoms. The highest BCUT2D eigenvalue weighted by Gasteiger charge is 2.25. The molecule has 1 unspecified atom stereocenters. The summed E-state index contributed by atoms with van der Waals surface area (Å²) in [5.41, 5.74) is 2.01. The first-order chi connectivity index (χ1) is 11.1. The van der Waals surface area contributed by atoms with Crippen molar-refractivity contribution in [3.05, 3.63) is 36.4 Å². The predicted molar refractivity (Wildman–Crippen MR) is 87.6 cm³/mol. The molecule has 0 aliphatic carbocycles. The summed E-state index contributed by atoms with van der Waals surface area (Å²) >= 11 is 0. The Kier molecular flexibility index (Phi) is 4.32. The van der Waals surface area contributed by atoms with Crippen LogP contribution in [0.2, 0.25) is 0 Å². The molecule has 1 N–H and O–H groups in total. The van der Waals surface area contributed by atoms with Crippen LogP contribution < -0.4 is 5.32 Å². The molecular weight excluding hydrogens is 295 g/mol. The second-order valence-electron chi connectivity index (χ2n) is 6.03. The van der Waals surface area contributed by atoms with Crippen LogP contribution in [0.15, 0.2) is 30.6 Å². The first-order valence-corrected chi connectivity index (χ1v) is 7.91. The van der Waals surface area contributed by atoms with Gasteiger partial charge in [0.15, 0.2) is 0 Å². The molecule has 1 atom stereocenters. The average molecular weight is 316 g/mol. The van der Waals surface area contributed by atoms with E-state index in [1.165, 1.54) is 12.1 Å². The van der Waals surface area contributed by atoms with Crippen molar-refractivity contribution in [3.63, 3.8) is 0 Å². The number of carbonyl (C=O) groups is 1. The Morgan fingerprint density at radius 3 is 2.96 bits per heavy atom. The van der Waals surface area contributed by atoms with E-state index in [0.717, 1.165) is 31.5 Å². The number of aromatic nitrogens is 2. The van der Waals surface area contributed by atoms with Crippen LogP contribution in [0.3, 0.4) is 0 Å². The molecule has 1 aromatic carbocycles. The van der Waals surface area contributed by atoms with Crippen LogP contribution in [0.25, 0.3) is 11.1 Å². The first-order valence-electron chi connectivity index (χ1n) is 7.91. The molecule has 0 bridgehead atoms. The number of carbonyl (C=O) groups excluding carboxylic acids is 1. The highest BCUT2D eigenvalue weighted by atomic mass is 19.1. The van der Waals surface area contributed by atoms with Crippen molar-refractivity contribution < 1.29 is 9.18 Å². The van der Waals surface area contributed by atoms with Crippen molar-refractivity contribution in [2.75, 3.05) is 18.4 Å². The Bertz CT molecular complexity index is 712. The molecule has 6 heteroatoms. The minimum absolute atomic E-state index is 0.127. The molecule has 1 aliphatic heterocycles. The van der Waals surface area contributed by atoms with Crippen molar-refractivity contribution in [1.29, 1.82) is 0 Å². The Morgan fingerprint density at radius 2 is 2.30 bits per heavy atom. The minimum atomic E-state index is -0.339. The normalized spacial score (nSPS) is 17.5. The summed E-state index contributed by atoms with van der Waals surface area (Å²) in [6.07, 6.45) is 5.59. The standard InChI is InChI=1S/C17H21FN4O/c1-3-12-6-7-22(10-12)17(23)20-16-5-4-14(18)8-15(16)13-9-19-21(2)11-13/h4-5,8-9,11-12H,3,6-7,10H2,1-2H3,(H,20,23). The van der Waals surface area contributed by atoms with Gasteiger partial charge >= 0.3 is 6.03 Å². The van der Waals surface area contributed by atoms with Gasteiger partial charge in [-0.25, -0.2) is 9.18 Å². The second kappa shape index (κ2) is 6.40. The lowest BCUT2D eigenvalue weighted by molar-refractivity contribution is 0.220.